The van der Waals surface area contributed by atoms with Crippen molar-refractivity contribution < 1.29 is 12.6 Å². The van der Waals surface area contributed by atoms with E-state index in [0.29, 0.717) is 12.2 Å². The average Bonchev–Trinajstić information content (AvgIpc) is 2.22. The minimum atomic E-state index is -3.53. The molecule has 0 spiro atoms. The summed E-state index contributed by atoms with van der Waals surface area (Å²) in [5.41, 5.74) is 2.00. The molecule has 0 radical (unpaired) electrons. The molecule has 0 bridgehead atoms. The number of fused-ring (bicyclic) bond motifs is 1. The Morgan fingerprint density at radius 3 is 2.93 bits per heavy atom. The van der Waals surface area contributed by atoms with E-state index in [1.807, 2.05) is 19.1 Å². The number of allylic oxidation sites excluding steroid dienone is 1. The van der Waals surface area contributed by atoms with Crippen molar-refractivity contribution in [3.8, 4) is 5.75 Å². The maximum Gasteiger partial charge on any atom is 0.331 e. The fraction of sp³-hybridized carbons (Fsp3) is 0.200. The van der Waals surface area contributed by atoms with Crippen molar-refractivity contribution in [2.75, 3.05) is 0 Å². The lowest BCUT2D eigenvalue weighted by Crippen LogP contribution is -2.04. The third kappa shape index (κ3) is 1.80. The summed E-state index contributed by atoms with van der Waals surface area (Å²) < 4.78 is 27.3. The number of rotatable bonds is 0. The summed E-state index contributed by atoms with van der Waals surface area (Å²) in [6.07, 6.45) is 2.19. The van der Waals surface area contributed by atoms with Crippen LogP contribution in [-0.4, -0.2) is 8.42 Å². The SMILES string of the molecule is Cc1ccc2c(c1)CC=CS(=O)(=O)O2. The summed E-state index contributed by atoms with van der Waals surface area (Å²) in [5.74, 6) is 0.431. The molecule has 4 heteroatoms. The van der Waals surface area contributed by atoms with E-state index in [1.165, 1.54) is 0 Å². The highest BCUT2D eigenvalue weighted by Crippen LogP contribution is 2.25. The van der Waals surface area contributed by atoms with Crippen LogP contribution in [0.5, 0.6) is 5.75 Å². The summed E-state index contributed by atoms with van der Waals surface area (Å²) >= 11 is 0. The van der Waals surface area contributed by atoms with Gasteiger partial charge >= 0.3 is 10.1 Å². The van der Waals surface area contributed by atoms with E-state index in [0.717, 1.165) is 16.5 Å². The Balaban J connectivity index is 2.54. The van der Waals surface area contributed by atoms with Gasteiger partial charge in [0.25, 0.3) is 0 Å². The van der Waals surface area contributed by atoms with Gasteiger partial charge in [-0.25, -0.2) is 0 Å². The maximum atomic E-state index is 11.2. The molecular formula is C10H10O3S. The Bertz CT molecular complexity index is 486. The highest BCUT2D eigenvalue weighted by Gasteiger charge is 2.14. The first-order valence-corrected chi connectivity index (χ1v) is 5.74. The summed E-state index contributed by atoms with van der Waals surface area (Å²) in [6, 6.07) is 5.45. The normalized spacial score (nSPS) is 18.1. The zero-order valence-electron chi connectivity index (χ0n) is 7.73. The van der Waals surface area contributed by atoms with Crippen molar-refractivity contribution in [3.05, 3.63) is 40.8 Å². The van der Waals surface area contributed by atoms with Gasteiger partial charge in [0.2, 0.25) is 0 Å². The molecule has 1 aliphatic rings. The first-order valence-electron chi connectivity index (χ1n) is 4.27. The van der Waals surface area contributed by atoms with Crippen LogP contribution in [0.3, 0.4) is 0 Å². The second-order valence-corrected chi connectivity index (χ2v) is 4.69. The predicted molar refractivity (Wildman–Crippen MR) is 53.6 cm³/mol. The average molecular weight is 210 g/mol. The summed E-state index contributed by atoms with van der Waals surface area (Å²) in [6.45, 7) is 1.96. The van der Waals surface area contributed by atoms with Gasteiger partial charge in [0.05, 0.1) is 5.41 Å². The minimum Gasteiger partial charge on any atom is -0.379 e. The van der Waals surface area contributed by atoms with Crippen LogP contribution in [0.1, 0.15) is 11.1 Å². The minimum absolute atomic E-state index is 0.431. The monoisotopic (exact) mass is 210 g/mol. The number of aryl methyl sites for hydroxylation is 1. The molecule has 1 aromatic carbocycles. The lowest BCUT2D eigenvalue weighted by Gasteiger charge is -2.06. The molecule has 0 saturated heterocycles. The van der Waals surface area contributed by atoms with Crippen molar-refractivity contribution in [2.24, 2.45) is 0 Å². The molecule has 0 unspecified atom stereocenters. The van der Waals surface area contributed by atoms with Crippen LogP contribution in [0.15, 0.2) is 29.7 Å². The van der Waals surface area contributed by atoms with E-state index in [9.17, 15) is 8.42 Å². The smallest absolute Gasteiger partial charge is 0.331 e. The van der Waals surface area contributed by atoms with Gasteiger partial charge in [-0.3, -0.25) is 0 Å². The molecule has 74 valence electrons. The van der Waals surface area contributed by atoms with E-state index >= 15 is 0 Å². The number of hydrogen-bond donors (Lipinski definition) is 0. The molecule has 0 amide bonds. The molecule has 1 aromatic rings. The number of benzene rings is 1. The van der Waals surface area contributed by atoms with Gasteiger partial charge < -0.3 is 4.18 Å². The Hall–Kier alpha value is -1.29. The highest BCUT2D eigenvalue weighted by atomic mass is 32.2. The van der Waals surface area contributed by atoms with Crippen LogP contribution in [0.25, 0.3) is 0 Å². The highest BCUT2D eigenvalue weighted by molar-refractivity contribution is 7.90. The molecular weight excluding hydrogens is 200 g/mol. The molecule has 1 heterocycles. The second-order valence-electron chi connectivity index (χ2n) is 3.26. The second kappa shape index (κ2) is 3.13. The van der Waals surface area contributed by atoms with Crippen LogP contribution in [0, 0.1) is 6.92 Å². The quantitative estimate of drug-likeness (QED) is 0.613. The van der Waals surface area contributed by atoms with Crippen molar-refractivity contribution in [1.29, 1.82) is 0 Å². The largest absolute Gasteiger partial charge is 0.379 e. The van der Waals surface area contributed by atoms with E-state index < -0.39 is 10.1 Å². The van der Waals surface area contributed by atoms with Crippen LogP contribution in [0.4, 0.5) is 0 Å². The maximum absolute atomic E-state index is 11.2. The Kier molecular flexibility index (Phi) is 2.07. The van der Waals surface area contributed by atoms with Gasteiger partial charge in [0, 0.05) is 0 Å². The third-order valence-electron chi connectivity index (χ3n) is 2.02. The summed E-state index contributed by atoms with van der Waals surface area (Å²) in [5, 5.41) is 1.10. The van der Waals surface area contributed by atoms with E-state index in [4.69, 9.17) is 4.18 Å². The molecule has 0 saturated carbocycles. The number of hydrogen-bond acceptors (Lipinski definition) is 3. The molecule has 0 aliphatic carbocycles. The molecule has 1 aliphatic heterocycles. The van der Waals surface area contributed by atoms with Gasteiger partial charge in [-0.15, -0.1) is 0 Å². The molecule has 0 N–H and O–H groups in total. The fourth-order valence-corrected chi connectivity index (χ4v) is 2.20. The molecule has 0 atom stereocenters. The van der Waals surface area contributed by atoms with Gasteiger partial charge in [0.1, 0.15) is 5.75 Å². The summed E-state index contributed by atoms with van der Waals surface area (Å²) in [4.78, 5) is 0. The molecule has 0 aromatic heterocycles. The Morgan fingerprint density at radius 2 is 2.14 bits per heavy atom. The lowest BCUT2D eigenvalue weighted by atomic mass is 10.1. The van der Waals surface area contributed by atoms with Gasteiger partial charge in [-0.05, 0) is 25.0 Å². The van der Waals surface area contributed by atoms with Crippen LogP contribution < -0.4 is 4.18 Å². The Labute approximate surface area is 83.1 Å². The molecule has 14 heavy (non-hydrogen) atoms. The van der Waals surface area contributed by atoms with Crippen molar-refractivity contribution >= 4 is 10.1 Å². The van der Waals surface area contributed by atoms with Crippen LogP contribution >= 0.6 is 0 Å². The first-order chi connectivity index (χ1) is 6.57. The van der Waals surface area contributed by atoms with Gasteiger partial charge in [-0.2, -0.15) is 8.42 Å². The van der Waals surface area contributed by atoms with E-state index in [2.05, 4.69) is 0 Å². The van der Waals surface area contributed by atoms with E-state index in [1.54, 1.807) is 12.1 Å². The standard InChI is InChI=1S/C10H10O3S/c1-8-4-5-10-9(7-8)3-2-6-14(11,12)13-10/h2,4-7H,3H2,1H3. The van der Waals surface area contributed by atoms with E-state index in [-0.39, 0.29) is 0 Å². The zero-order valence-corrected chi connectivity index (χ0v) is 8.54. The van der Waals surface area contributed by atoms with Crippen molar-refractivity contribution in [1.82, 2.24) is 0 Å². The Morgan fingerprint density at radius 1 is 1.36 bits per heavy atom. The predicted octanol–water partition coefficient (Wildman–Crippen LogP) is 1.77. The molecule has 2 rings (SSSR count). The first kappa shape index (κ1) is 9.27. The fourth-order valence-electron chi connectivity index (χ4n) is 1.39. The van der Waals surface area contributed by atoms with Crippen LogP contribution in [0.2, 0.25) is 0 Å². The topological polar surface area (TPSA) is 43.4 Å². The van der Waals surface area contributed by atoms with Crippen molar-refractivity contribution in [3.63, 3.8) is 0 Å². The third-order valence-corrected chi connectivity index (χ3v) is 2.96. The molecule has 3 nitrogen and oxygen atoms in total. The van der Waals surface area contributed by atoms with Crippen LogP contribution in [-0.2, 0) is 16.5 Å². The van der Waals surface area contributed by atoms with Crippen molar-refractivity contribution in [2.45, 2.75) is 13.3 Å². The molecule has 0 fully saturated rings. The van der Waals surface area contributed by atoms with Gasteiger partial charge in [0.15, 0.2) is 0 Å². The summed E-state index contributed by atoms with van der Waals surface area (Å²) in [7, 11) is -3.53. The lowest BCUT2D eigenvalue weighted by molar-refractivity contribution is 0.495. The van der Waals surface area contributed by atoms with Gasteiger partial charge in [-0.1, -0.05) is 23.8 Å². The zero-order chi connectivity index (χ0) is 10.2.